The summed E-state index contributed by atoms with van der Waals surface area (Å²) in [5.74, 6) is 2.78. The van der Waals surface area contributed by atoms with E-state index in [0.717, 1.165) is 23.2 Å². The highest BCUT2D eigenvalue weighted by Crippen LogP contribution is 2.49. The summed E-state index contributed by atoms with van der Waals surface area (Å²) in [6, 6.07) is 2.11. The van der Waals surface area contributed by atoms with Crippen LogP contribution in [0.25, 0.3) is 5.78 Å². The normalized spacial score (nSPS) is 27.5. The molecule has 122 valence electrons. The second-order valence-corrected chi connectivity index (χ2v) is 7.29. The highest BCUT2D eigenvalue weighted by molar-refractivity contribution is 5.91. The Bertz CT molecular complexity index is 768. The molecular formula is C17H23N5O. The third kappa shape index (κ3) is 2.50. The Kier molecular flexibility index (Phi) is 3.36. The zero-order valence-electron chi connectivity index (χ0n) is 13.9. The molecule has 4 rings (SSSR count). The van der Waals surface area contributed by atoms with Gasteiger partial charge in [-0.05, 0) is 63.9 Å². The van der Waals surface area contributed by atoms with Crippen LogP contribution >= 0.6 is 0 Å². The standard InChI is InChI=1S/C17H23N5O/c1-9-6-10(2)22-17(18-9)20-15(21-22)16(23)19-11(3)14-8-12-4-5-13(14)7-12/h6,11-14H,4-5,7-8H2,1-3H3,(H,19,23)/t11-,12+,13-,14-/m0/s1. The van der Waals surface area contributed by atoms with Crippen LogP contribution in [0.3, 0.4) is 0 Å². The average molecular weight is 313 g/mol. The van der Waals surface area contributed by atoms with Crippen molar-refractivity contribution < 1.29 is 4.79 Å². The van der Waals surface area contributed by atoms with Gasteiger partial charge in [0.25, 0.3) is 11.7 Å². The van der Waals surface area contributed by atoms with E-state index in [0.29, 0.717) is 11.7 Å². The molecule has 2 aromatic heterocycles. The van der Waals surface area contributed by atoms with E-state index in [9.17, 15) is 4.79 Å². The van der Waals surface area contributed by atoms with Gasteiger partial charge in [0.15, 0.2) is 0 Å². The predicted molar refractivity (Wildman–Crippen MR) is 86.1 cm³/mol. The summed E-state index contributed by atoms with van der Waals surface area (Å²) in [6.45, 7) is 5.97. The summed E-state index contributed by atoms with van der Waals surface area (Å²) in [6.07, 6.45) is 5.30. The quantitative estimate of drug-likeness (QED) is 0.943. The lowest BCUT2D eigenvalue weighted by Gasteiger charge is -2.28. The lowest BCUT2D eigenvalue weighted by molar-refractivity contribution is 0.0905. The van der Waals surface area contributed by atoms with Crippen LogP contribution in [-0.2, 0) is 0 Å². The first-order valence-corrected chi connectivity index (χ1v) is 8.53. The number of rotatable bonds is 3. The number of carbonyl (C=O) groups is 1. The van der Waals surface area contributed by atoms with E-state index in [1.807, 2.05) is 19.9 Å². The molecule has 1 N–H and O–H groups in total. The second kappa shape index (κ2) is 5.28. The van der Waals surface area contributed by atoms with Crippen LogP contribution in [0.5, 0.6) is 0 Å². The number of aromatic nitrogens is 4. The largest absolute Gasteiger partial charge is 0.347 e. The van der Waals surface area contributed by atoms with Crippen LogP contribution in [0.15, 0.2) is 6.07 Å². The number of hydrogen-bond acceptors (Lipinski definition) is 4. The third-order valence-electron chi connectivity index (χ3n) is 5.62. The summed E-state index contributed by atoms with van der Waals surface area (Å²) >= 11 is 0. The fourth-order valence-electron chi connectivity index (χ4n) is 4.55. The van der Waals surface area contributed by atoms with Gasteiger partial charge in [-0.3, -0.25) is 4.79 Å². The minimum Gasteiger partial charge on any atom is -0.347 e. The van der Waals surface area contributed by atoms with Crippen molar-refractivity contribution in [3.8, 4) is 0 Å². The predicted octanol–water partition coefficient (Wildman–Crippen LogP) is 2.30. The van der Waals surface area contributed by atoms with Crippen molar-refractivity contribution in [3.05, 3.63) is 23.3 Å². The lowest BCUT2D eigenvalue weighted by atomic mass is 9.84. The first-order chi connectivity index (χ1) is 11.0. The second-order valence-electron chi connectivity index (χ2n) is 7.29. The van der Waals surface area contributed by atoms with E-state index in [4.69, 9.17) is 0 Å². The molecular weight excluding hydrogens is 290 g/mol. The smallest absolute Gasteiger partial charge is 0.291 e. The van der Waals surface area contributed by atoms with Crippen LogP contribution < -0.4 is 5.32 Å². The molecule has 0 spiro atoms. The summed E-state index contributed by atoms with van der Waals surface area (Å²) in [7, 11) is 0. The third-order valence-corrected chi connectivity index (χ3v) is 5.62. The SMILES string of the molecule is Cc1cc(C)n2nc(C(=O)N[C@@H](C)[C@@H]3C[C@@H]4CC[C@H]3C4)nc2n1. The molecule has 2 aromatic rings. The maximum absolute atomic E-state index is 12.5. The van der Waals surface area contributed by atoms with Gasteiger partial charge in [0.05, 0.1) is 0 Å². The van der Waals surface area contributed by atoms with E-state index in [1.165, 1.54) is 25.7 Å². The average Bonchev–Trinajstić information content (AvgIpc) is 3.21. The van der Waals surface area contributed by atoms with Crippen molar-refractivity contribution in [3.63, 3.8) is 0 Å². The molecule has 2 saturated carbocycles. The van der Waals surface area contributed by atoms with Crippen LogP contribution in [0.1, 0.15) is 54.6 Å². The van der Waals surface area contributed by atoms with Gasteiger partial charge in [-0.25, -0.2) is 9.50 Å². The fraction of sp³-hybridized carbons (Fsp3) is 0.647. The van der Waals surface area contributed by atoms with Gasteiger partial charge in [0, 0.05) is 17.4 Å². The van der Waals surface area contributed by atoms with Gasteiger partial charge < -0.3 is 5.32 Å². The molecule has 0 unspecified atom stereocenters. The summed E-state index contributed by atoms with van der Waals surface area (Å²) in [5, 5.41) is 7.42. The molecule has 4 atom stereocenters. The topological polar surface area (TPSA) is 72.2 Å². The number of carbonyl (C=O) groups excluding carboxylic acids is 1. The van der Waals surface area contributed by atoms with Crippen LogP contribution in [0.4, 0.5) is 0 Å². The molecule has 2 bridgehead atoms. The van der Waals surface area contributed by atoms with Crippen molar-refractivity contribution in [1.82, 2.24) is 24.9 Å². The van der Waals surface area contributed by atoms with E-state index in [-0.39, 0.29) is 17.8 Å². The zero-order chi connectivity index (χ0) is 16.1. The summed E-state index contributed by atoms with van der Waals surface area (Å²) in [5.41, 5.74) is 1.81. The highest BCUT2D eigenvalue weighted by atomic mass is 16.2. The Morgan fingerprint density at radius 2 is 2.13 bits per heavy atom. The van der Waals surface area contributed by atoms with Crippen LogP contribution in [-0.4, -0.2) is 31.5 Å². The first-order valence-electron chi connectivity index (χ1n) is 8.53. The number of aryl methyl sites for hydroxylation is 2. The molecule has 23 heavy (non-hydrogen) atoms. The highest BCUT2D eigenvalue weighted by Gasteiger charge is 2.42. The number of amides is 1. The number of hydrogen-bond donors (Lipinski definition) is 1. The molecule has 2 aliphatic rings. The fourth-order valence-corrected chi connectivity index (χ4v) is 4.55. The molecule has 0 saturated heterocycles. The molecule has 0 aliphatic heterocycles. The van der Waals surface area contributed by atoms with Gasteiger partial charge in [0.1, 0.15) is 0 Å². The molecule has 1 amide bonds. The van der Waals surface area contributed by atoms with Gasteiger partial charge in [-0.1, -0.05) is 6.42 Å². The molecule has 0 radical (unpaired) electrons. The maximum Gasteiger partial charge on any atom is 0.291 e. The van der Waals surface area contributed by atoms with Crippen LogP contribution in [0, 0.1) is 31.6 Å². The van der Waals surface area contributed by atoms with Gasteiger partial charge in [-0.2, -0.15) is 4.98 Å². The summed E-state index contributed by atoms with van der Waals surface area (Å²) < 4.78 is 1.63. The molecule has 0 aromatic carbocycles. The monoisotopic (exact) mass is 313 g/mol. The Labute approximate surface area is 135 Å². The van der Waals surface area contributed by atoms with Crippen LogP contribution in [0.2, 0.25) is 0 Å². The van der Waals surface area contributed by atoms with Crippen molar-refractivity contribution in [2.75, 3.05) is 0 Å². The number of fused-ring (bicyclic) bond motifs is 3. The minimum atomic E-state index is -0.192. The Morgan fingerprint density at radius 3 is 2.83 bits per heavy atom. The van der Waals surface area contributed by atoms with Crippen molar-refractivity contribution in [1.29, 1.82) is 0 Å². The zero-order valence-corrected chi connectivity index (χ0v) is 13.9. The summed E-state index contributed by atoms with van der Waals surface area (Å²) in [4.78, 5) is 21.1. The number of nitrogens with zero attached hydrogens (tertiary/aromatic N) is 4. The van der Waals surface area contributed by atoms with E-state index >= 15 is 0 Å². The minimum absolute atomic E-state index is 0.181. The Balaban J connectivity index is 1.51. The molecule has 2 aliphatic carbocycles. The number of nitrogens with one attached hydrogen (secondary N) is 1. The molecule has 2 fully saturated rings. The van der Waals surface area contributed by atoms with Crippen molar-refractivity contribution in [2.45, 2.75) is 52.5 Å². The maximum atomic E-state index is 12.5. The molecule has 6 heteroatoms. The van der Waals surface area contributed by atoms with E-state index in [1.54, 1.807) is 4.52 Å². The van der Waals surface area contributed by atoms with E-state index < -0.39 is 0 Å². The van der Waals surface area contributed by atoms with Gasteiger partial charge >= 0.3 is 0 Å². The molecule has 2 heterocycles. The van der Waals surface area contributed by atoms with Gasteiger partial charge in [0.2, 0.25) is 5.82 Å². The Morgan fingerprint density at radius 1 is 1.30 bits per heavy atom. The van der Waals surface area contributed by atoms with Gasteiger partial charge in [-0.15, -0.1) is 5.10 Å². The van der Waals surface area contributed by atoms with Crippen molar-refractivity contribution >= 4 is 11.7 Å². The Hall–Kier alpha value is -1.98. The van der Waals surface area contributed by atoms with E-state index in [2.05, 4.69) is 27.3 Å². The van der Waals surface area contributed by atoms with Crippen molar-refractivity contribution in [2.24, 2.45) is 17.8 Å². The first kappa shape index (κ1) is 14.6. The lowest BCUT2D eigenvalue weighted by Crippen LogP contribution is -2.40. The molecule has 6 nitrogen and oxygen atoms in total.